The third-order valence-electron chi connectivity index (χ3n) is 7.91. The van der Waals surface area contributed by atoms with Crippen LogP contribution >= 0.6 is 12.2 Å². The fourth-order valence-corrected chi connectivity index (χ4v) is 6.42. The zero-order valence-corrected chi connectivity index (χ0v) is 25.3. The Balaban J connectivity index is 1.51. The van der Waals surface area contributed by atoms with E-state index < -0.39 is 0 Å². The molecule has 2 unspecified atom stereocenters. The molecule has 43 heavy (non-hydrogen) atoms. The largest absolute Gasteiger partial charge is 0.495 e. The Kier molecular flexibility index (Phi) is 7.84. The van der Waals surface area contributed by atoms with Gasteiger partial charge in [-0.1, -0.05) is 42.5 Å². The highest BCUT2D eigenvalue weighted by Crippen LogP contribution is 2.45. The minimum absolute atomic E-state index is 0.0679. The predicted molar refractivity (Wildman–Crippen MR) is 174 cm³/mol. The second kappa shape index (κ2) is 11.9. The molecule has 0 radical (unpaired) electrons. The number of benzene rings is 3. The lowest BCUT2D eigenvalue weighted by Crippen LogP contribution is -2.29. The van der Waals surface area contributed by atoms with Crippen molar-refractivity contribution in [3.8, 4) is 11.4 Å². The number of nitrogens with zero attached hydrogens (tertiary/aromatic N) is 3. The quantitative estimate of drug-likeness (QED) is 0.202. The van der Waals surface area contributed by atoms with Gasteiger partial charge in [-0.15, -0.1) is 0 Å². The maximum absolute atomic E-state index is 12.5. The predicted octanol–water partition coefficient (Wildman–Crippen LogP) is 6.41. The van der Waals surface area contributed by atoms with Crippen molar-refractivity contribution >= 4 is 45.4 Å². The van der Waals surface area contributed by atoms with E-state index in [-0.39, 0.29) is 24.6 Å². The number of carbonyl (C=O) groups excluding carboxylic acids is 1. The molecule has 5 aromatic rings. The average Bonchev–Trinajstić information content (AvgIpc) is 3.51. The van der Waals surface area contributed by atoms with Crippen LogP contribution in [0.1, 0.15) is 34.7 Å². The van der Waals surface area contributed by atoms with Gasteiger partial charge < -0.3 is 29.6 Å². The first-order valence-electron chi connectivity index (χ1n) is 14.1. The van der Waals surface area contributed by atoms with Crippen molar-refractivity contribution in [2.75, 3.05) is 31.0 Å². The summed E-state index contributed by atoms with van der Waals surface area (Å²) in [4.78, 5) is 19.3. The molecule has 2 atom stereocenters. The summed E-state index contributed by atoms with van der Waals surface area (Å²) in [7, 11) is 3.06. The van der Waals surface area contributed by atoms with Crippen LogP contribution in [0.4, 0.5) is 11.4 Å². The number of rotatable bonds is 8. The summed E-state index contributed by atoms with van der Waals surface area (Å²) in [6.07, 6.45) is 1.80. The lowest BCUT2D eigenvalue weighted by Gasteiger charge is -2.29. The van der Waals surface area contributed by atoms with Crippen LogP contribution in [-0.2, 0) is 9.53 Å². The van der Waals surface area contributed by atoms with Gasteiger partial charge in [0.05, 0.1) is 36.3 Å². The smallest absolute Gasteiger partial charge is 0.250 e. The maximum atomic E-state index is 12.5. The van der Waals surface area contributed by atoms with Crippen LogP contribution in [0.25, 0.3) is 16.5 Å². The topological polar surface area (TPSA) is 80.7 Å². The third-order valence-corrected chi connectivity index (χ3v) is 8.22. The van der Waals surface area contributed by atoms with Crippen LogP contribution in [0.2, 0.25) is 0 Å². The molecule has 0 bridgehead atoms. The molecule has 1 amide bonds. The second-order valence-electron chi connectivity index (χ2n) is 10.5. The lowest BCUT2D eigenvalue weighted by atomic mass is 9.96. The summed E-state index contributed by atoms with van der Waals surface area (Å²) in [5.41, 5.74) is 6.70. The Morgan fingerprint density at radius 3 is 2.56 bits per heavy atom. The first kappa shape index (κ1) is 28.4. The zero-order valence-electron chi connectivity index (χ0n) is 24.5. The van der Waals surface area contributed by atoms with Crippen molar-refractivity contribution < 1.29 is 14.3 Å². The monoisotopic (exact) mass is 591 g/mol. The molecule has 1 saturated heterocycles. The van der Waals surface area contributed by atoms with Crippen LogP contribution < -0.4 is 20.3 Å². The van der Waals surface area contributed by atoms with Crippen LogP contribution in [0.5, 0.6) is 5.75 Å². The van der Waals surface area contributed by atoms with E-state index in [2.05, 4.69) is 82.5 Å². The van der Waals surface area contributed by atoms with Crippen LogP contribution in [0, 0.1) is 13.8 Å². The number of anilines is 2. The fourth-order valence-electron chi connectivity index (χ4n) is 6.07. The molecule has 2 aromatic heterocycles. The Labute approximate surface area is 256 Å². The molecule has 3 heterocycles. The first-order valence-corrected chi connectivity index (χ1v) is 14.5. The Morgan fingerprint density at radius 1 is 1.00 bits per heavy atom. The molecule has 6 rings (SSSR count). The second-order valence-corrected chi connectivity index (χ2v) is 10.9. The highest BCUT2D eigenvalue weighted by Gasteiger charge is 2.42. The van der Waals surface area contributed by atoms with Crippen molar-refractivity contribution in [3.05, 3.63) is 114 Å². The van der Waals surface area contributed by atoms with Gasteiger partial charge in [0.15, 0.2) is 5.11 Å². The van der Waals surface area contributed by atoms with Crippen LogP contribution in [0.3, 0.4) is 0 Å². The Morgan fingerprint density at radius 2 is 1.79 bits per heavy atom. The normalized spacial score (nSPS) is 16.4. The fraction of sp³-hybridized carbons (Fsp3) is 0.206. The number of methoxy groups -OCH3 is 2. The number of thiocarbonyl (C=S) groups is 1. The molecule has 0 saturated carbocycles. The number of amides is 1. The number of carbonyl (C=O) groups is 1. The Bertz CT molecular complexity index is 1810. The van der Waals surface area contributed by atoms with E-state index in [0.29, 0.717) is 16.5 Å². The number of hydrogen-bond donors (Lipinski definition) is 2. The van der Waals surface area contributed by atoms with E-state index >= 15 is 0 Å². The van der Waals surface area contributed by atoms with Gasteiger partial charge in [0.2, 0.25) is 5.91 Å². The maximum Gasteiger partial charge on any atom is 0.250 e. The number of fused-ring (bicyclic) bond motifs is 1. The van der Waals surface area contributed by atoms with E-state index in [1.54, 1.807) is 13.3 Å². The van der Waals surface area contributed by atoms with Gasteiger partial charge in [-0.3, -0.25) is 9.78 Å². The van der Waals surface area contributed by atoms with E-state index in [4.69, 9.17) is 26.7 Å². The van der Waals surface area contributed by atoms with E-state index in [1.165, 1.54) is 17.9 Å². The van der Waals surface area contributed by atoms with Crippen LogP contribution in [0.15, 0.2) is 91.1 Å². The zero-order chi connectivity index (χ0) is 30.1. The standard InChI is InChI=1S/C34H33N5O3S/c1-21-18-26(22(2)38(21)29-14-9-11-23-10-5-6-12-25(23)29)33-32(27-13-7-8-17-35-27)37-34(43)39(33)24-15-16-30(42-4)28(19-24)36-31(40)20-41-3/h5-19,32-33H,20H2,1-4H3,(H,36,40)(H,37,43). The first-order chi connectivity index (χ1) is 20.9. The molecular weight excluding hydrogens is 558 g/mol. The summed E-state index contributed by atoms with van der Waals surface area (Å²) < 4.78 is 12.9. The molecule has 3 aromatic carbocycles. The van der Waals surface area contributed by atoms with Crippen molar-refractivity contribution in [2.45, 2.75) is 25.9 Å². The van der Waals surface area contributed by atoms with Crippen LogP contribution in [-0.4, -0.2) is 41.4 Å². The molecule has 8 nitrogen and oxygen atoms in total. The summed E-state index contributed by atoms with van der Waals surface area (Å²) in [6.45, 7) is 4.22. The van der Waals surface area contributed by atoms with E-state index in [0.717, 1.165) is 34.0 Å². The number of nitrogens with one attached hydrogen (secondary N) is 2. The number of aromatic nitrogens is 2. The summed E-state index contributed by atoms with van der Waals surface area (Å²) in [6, 6.07) is 28.2. The van der Waals surface area contributed by atoms with E-state index in [1.807, 2.05) is 36.4 Å². The van der Waals surface area contributed by atoms with Crippen molar-refractivity contribution in [2.24, 2.45) is 0 Å². The summed E-state index contributed by atoms with van der Waals surface area (Å²) in [5, 5.41) is 9.39. The third kappa shape index (κ3) is 5.22. The molecule has 1 fully saturated rings. The minimum Gasteiger partial charge on any atom is -0.495 e. The minimum atomic E-state index is -0.276. The summed E-state index contributed by atoms with van der Waals surface area (Å²) >= 11 is 5.99. The number of ether oxygens (including phenoxy) is 2. The molecule has 0 spiro atoms. The lowest BCUT2D eigenvalue weighted by molar-refractivity contribution is -0.119. The molecule has 1 aliphatic heterocycles. The van der Waals surface area contributed by atoms with E-state index in [9.17, 15) is 4.79 Å². The highest BCUT2D eigenvalue weighted by atomic mass is 32.1. The molecule has 1 aliphatic rings. The summed E-state index contributed by atoms with van der Waals surface area (Å²) in [5.74, 6) is 0.264. The van der Waals surface area contributed by atoms with Gasteiger partial charge in [0.25, 0.3) is 0 Å². The van der Waals surface area contributed by atoms with Gasteiger partial charge >= 0.3 is 0 Å². The number of pyridine rings is 1. The van der Waals surface area contributed by atoms with Gasteiger partial charge in [-0.2, -0.15) is 0 Å². The molecule has 9 heteroatoms. The SMILES string of the molecule is COCC(=O)Nc1cc(N2C(=S)NC(c3ccccn3)C2c2cc(C)n(-c3cccc4ccccc34)c2C)ccc1OC. The molecule has 2 N–H and O–H groups in total. The molecule has 0 aliphatic carbocycles. The van der Waals surface area contributed by atoms with Crippen molar-refractivity contribution in [3.63, 3.8) is 0 Å². The Hall–Kier alpha value is -4.73. The van der Waals surface area contributed by atoms with Gasteiger partial charge in [-0.05, 0) is 79.5 Å². The van der Waals surface area contributed by atoms with Crippen molar-refractivity contribution in [1.29, 1.82) is 0 Å². The van der Waals surface area contributed by atoms with Gasteiger partial charge in [0, 0.05) is 35.8 Å². The number of hydrogen-bond acceptors (Lipinski definition) is 5. The van der Waals surface area contributed by atoms with Gasteiger partial charge in [0.1, 0.15) is 12.4 Å². The van der Waals surface area contributed by atoms with Gasteiger partial charge in [-0.25, -0.2) is 0 Å². The average molecular weight is 592 g/mol. The molecular formula is C34H33N5O3S. The highest BCUT2D eigenvalue weighted by molar-refractivity contribution is 7.80. The number of aryl methyl sites for hydroxylation is 1. The van der Waals surface area contributed by atoms with Crippen molar-refractivity contribution in [1.82, 2.24) is 14.9 Å². The molecule has 218 valence electrons.